The smallest absolute Gasteiger partial charge is 0.323 e. The van der Waals surface area contributed by atoms with Crippen molar-refractivity contribution in [2.45, 2.75) is 6.61 Å². The van der Waals surface area contributed by atoms with Crippen molar-refractivity contribution in [1.29, 1.82) is 0 Å². The Bertz CT molecular complexity index is 1300. The summed E-state index contributed by atoms with van der Waals surface area (Å²) in [4.78, 5) is 17.3. The first kappa shape index (κ1) is 20.3. The van der Waals surface area contributed by atoms with Gasteiger partial charge in [-0.3, -0.25) is 0 Å². The average molecular weight is 424 g/mol. The predicted molar refractivity (Wildman–Crippen MR) is 115 cm³/mol. The number of hydrogen-bond acceptors (Lipinski definition) is 5. The summed E-state index contributed by atoms with van der Waals surface area (Å²) in [6, 6.07) is 13.8. The van der Waals surface area contributed by atoms with Crippen molar-refractivity contribution in [3.8, 4) is 34.1 Å². The van der Waals surface area contributed by atoms with Crippen LogP contribution in [0.15, 0.2) is 53.3 Å². The molecule has 0 atom stereocenters. The van der Waals surface area contributed by atoms with Crippen molar-refractivity contribution in [2.75, 3.05) is 21.3 Å². The molecule has 7 nitrogen and oxygen atoms in total. The molecule has 0 amide bonds. The largest absolute Gasteiger partial charge is 0.494 e. The van der Waals surface area contributed by atoms with E-state index in [1.807, 2.05) is 18.2 Å². The lowest BCUT2D eigenvalue weighted by molar-refractivity contribution is 0.275. The molecule has 0 spiro atoms. The predicted octanol–water partition coefficient (Wildman–Crippen LogP) is 4.27. The number of methoxy groups -OCH3 is 3. The van der Waals surface area contributed by atoms with Crippen LogP contribution >= 0.6 is 0 Å². The van der Waals surface area contributed by atoms with Gasteiger partial charge in [-0.05, 0) is 41.5 Å². The topological polar surface area (TPSA) is 85.6 Å². The van der Waals surface area contributed by atoms with Gasteiger partial charge < -0.3 is 28.9 Å². The first-order valence-corrected chi connectivity index (χ1v) is 9.46. The van der Waals surface area contributed by atoms with E-state index >= 15 is 0 Å². The van der Waals surface area contributed by atoms with Crippen LogP contribution in [0.2, 0.25) is 0 Å². The SMILES string of the molecule is COc1ccc(COc2cc(-c3cccc4[nH]c(=O)[nH]c34)cc(OC)c2OC)cc1F. The fourth-order valence-corrected chi connectivity index (χ4v) is 3.45. The Hall–Kier alpha value is -3.94. The molecule has 4 rings (SSSR count). The van der Waals surface area contributed by atoms with Gasteiger partial charge in [0.2, 0.25) is 5.75 Å². The van der Waals surface area contributed by atoms with E-state index in [4.69, 9.17) is 18.9 Å². The van der Waals surface area contributed by atoms with E-state index in [0.29, 0.717) is 33.8 Å². The second-order valence-electron chi connectivity index (χ2n) is 6.77. The number of hydrogen-bond donors (Lipinski definition) is 2. The molecule has 3 aromatic carbocycles. The van der Waals surface area contributed by atoms with E-state index in [1.165, 1.54) is 27.4 Å². The highest BCUT2D eigenvalue weighted by molar-refractivity contribution is 5.92. The third-order valence-corrected chi connectivity index (χ3v) is 4.92. The number of imidazole rings is 1. The Balaban J connectivity index is 1.75. The van der Waals surface area contributed by atoms with Gasteiger partial charge in [-0.15, -0.1) is 0 Å². The number of halogens is 1. The molecule has 31 heavy (non-hydrogen) atoms. The van der Waals surface area contributed by atoms with Crippen LogP contribution in [0.5, 0.6) is 23.0 Å². The van der Waals surface area contributed by atoms with Gasteiger partial charge in [-0.25, -0.2) is 9.18 Å². The van der Waals surface area contributed by atoms with Crippen molar-refractivity contribution in [1.82, 2.24) is 9.97 Å². The third-order valence-electron chi connectivity index (χ3n) is 4.92. The summed E-state index contributed by atoms with van der Waals surface area (Å²) in [5.41, 5.74) is 3.24. The maximum absolute atomic E-state index is 14.0. The molecule has 0 radical (unpaired) electrons. The maximum atomic E-state index is 14.0. The standard InChI is InChI=1S/C23H21FN2O5/c1-28-18-8-7-13(9-16(18)24)12-31-20-11-14(10-19(29-2)22(20)30-3)15-5-4-6-17-21(15)26-23(27)25-17/h4-11H,12H2,1-3H3,(H2,25,26,27). The monoisotopic (exact) mass is 424 g/mol. The van der Waals surface area contributed by atoms with Gasteiger partial charge in [-0.1, -0.05) is 18.2 Å². The van der Waals surface area contributed by atoms with Gasteiger partial charge in [0.05, 0.1) is 32.4 Å². The molecule has 0 aliphatic heterocycles. The zero-order valence-corrected chi connectivity index (χ0v) is 17.2. The molecular weight excluding hydrogens is 403 g/mol. The molecule has 0 fully saturated rings. The highest BCUT2D eigenvalue weighted by atomic mass is 19.1. The second kappa shape index (κ2) is 8.43. The molecule has 8 heteroatoms. The van der Waals surface area contributed by atoms with Gasteiger partial charge in [0.25, 0.3) is 0 Å². The molecule has 160 valence electrons. The number of nitrogens with one attached hydrogen (secondary N) is 2. The Morgan fingerprint density at radius 3 is 2.35 bits per heavy atom. The summed E-state index contributed by atoms with van der Waals surface area (Å²) >= 11 is 0. The lowest BCUT2D eigenvalue weighted by Gasteiger charge is -2.16. The van der Waals surface area contributed by atoms with E-state index in [-0.39, 0.29) is 18.0 Å². The average Bonchev–Trinajstić information content (AvgIpc) is 3.17. The number of para-hydroxylation sites is 1. The van der Waals surface area contributed by atoms with E-state index in [2.05, 4.69) is 9.97 Å². The van der Waals surface area contributed by atoms with Crippen LogP contribution in [0.25, 0.3) is 22.2 Å². The lowest BCUT2D eigenvalue weighted by atomic mass is 10.0. The van der Waals surface area contributed by atoms with Crippen molar-refractivity contribution >= 4 is 11.0 Å². The molecule has 0 bridgehead atoms. The first-order valence-electron chi connectivity index (χ1n) is 9.46. The van der Waals surface area contributed by atoms with Crippen LogP contribution in [0, 0.1) is 5.82 Å². The van der Waals surface area contributed by atoms with Gasteiger partial charge in [0.15, 0.2) is 23.1 Å². The van der Waals surface area contributed by atoms with Crippen molar-refractivity contribution in [2.24, 2.45) is 0 Å². The number of fused-ring (bicyclic) bond motifs is 1. The second-order valence-corrected chi connectivity index (χ2v) is 6.77. The zero-order chi connectivity index (χ0) is 22.0. The van der Waals surface area contributed by atoms with Gasteiger partial charge >= 0.3 is 5.69 Å². The van der Waals surface area contributed by atoms with Crippen molar-refractivity contribution in [3.63, 3.8) is 0 Å². The molecule has 4 aromatic rings. The fraction of sp³-hybridized carbons (Fsp3) is 0.174. The molecule has 1 aromatic heterocycles. The summed E-state index contributed by atoms with van der Waals surface area (Å²) in [6.07, 6.45) is 0. The quantitative estimate of drug-likeness (QED) is 0.463. The van der Waals surface area contributed by atoms with Gasteiger partial charge in [0.1, 0.15) is 6.61 Å². The van der Waals surface area contributed by atoms with E-state index in [9.17, 15) is 9.18 Å². The number of H-pyrrole nitrogens is 2. The minimum Gasteiger partial charge on any atom is -0.494 e. The number of aromatic nitrogens is 2. The van der Waals surface area contributed by atoms with Crippen molar-refractivity contribution in [3.05, 3.63) is 70.4 Å². The van der Waals surface area contributed by atoms with Crippen LogP contribution in [0.3, 0.4) is 0 Å². The van der Waals surface area contributed by atoms with Crippen LogP contribution in [-0.2, 0) is 6.61 Å². The molecule has 0 unspecified atom stereocenters. The normalized spacial score (nSPS) is 10.8. The Morgan fingerprint density at radius 1 is 0.871 bits per heavy atom. The first-order chi connectivity index (χ1) is 15.0. The van der Waals surface area contributed by atoms with E-state index in [1.54, 1.807) is 24.3 Å². The lowest BCUT2D eigenvalue weighted by Crippen LogP contribution is -2.01. The summed E-state index contributed by atoms with van der Waals surface area (Å²) in [5, 5.41) is 0. The number of rotatable bonds is 7. The summed E-state index contributed by atoms with van der Waals surface area (Å²) < 4.78 is 35.9. The summed E-state index contributed by atoms with van der Waals surface area (Å²) in [7, 11) is 4.46. The Kier molecular flexibility index (Phi) is 5.53. The minimum absolute atomic E-state index is 0.106. The molecule has 2 N–H and O–H groups in total. The van der Waals surface area contributed by atoms with Crippen LogP contribution in [0.4, 0.5) is 4.39 Å². The third kappa shape index (κ3) is 3.92. The van der Waals surface area contributed by atoms with Gasteiger partial charge in [-0.2, -0.15) is 0 Å². The molecule has 0 saturated carbocycles. The maximum Gasteiger partial charge on any atom is 0.323 e. The Labute approximate surface area is 177 Å². The summed E-state index contributed by atoms with van der Waals surface area (Å²) in [5.74, 6) is 0.993. The zero-order valence-electron chi connectivity index (χ0n) is 17.2. The molecule has 1 heterocycles. The Morgan fingerprint density at radius 2 is 1.65 bits per heavy atom. The fourth-order valence-electron chi connectivity index (χ4n) is 3.45. The molecule has 0 aliphatic carbocycles. The van der Waals surface area contributed by atoms with Gasteiger partial charge in [0, 0.05) is 5.56 Å². The minimum atomic E-state index is -0.468. The number of aromatic amines is 2. The highest BCUT2D eigenvalue weighted by Gasteiger charge is 2.17. The molecular formula is C23H21FN2O5. The van der Waals surface area contributed by atoms with Crippen LogP contribution < -0.4 is 24.6 Å². The van der Waals surface area contributed by atoms with E-state index < -0.39 is 5.82 Å². The number of benzene rings is 3. The summed E-state index contributed by atoms with van der Waals surface area (Å²) in [6.45, 7) is 0.106. The highest BCUT2D eigenvalue weighted by Crippen LogP contribution is 2.42. The van der Waals surface area contributed by atoms with Crippen LogP contribution in [0.1, 0.15) is 5.56 Å². The molecule has 0 aliphatic rings. The van der Waals surface area contributed by atoms with E-state index in [0.717, 1.165) is 11.1 Å². The van der Waals surface area contributed by atoms with Crippen molar-refractivity contribution < 1.29 is 23.3 Å². The number of ether oxygens (including phenoxy) is 4. The molecule has 0 saturated heterocycles. The van der Waals surface area contributed by atoms with Crippen LogP contribution in [-0.4, -0.2) is 31.3 Å².